The fourth-order valence-corrected chi connectivity index (χ4v) is 3.83. The maximum Gasteiger partial charge on any atom is 0.275 e. The number of thioether (sulfide) groups is 1. The molecule has 0 aliphatic carbocycles. The molecule has 1 heterocycles. The predicted molar refractivity (Wildman–Crippen MR) is 118 cm³/mol. The van der Waals surface area contributed by atoms with E-state index in [0.29, 0.717) is 5.16 Å². The summed E-state index contributed by atoms with van der Waals surface area (Å²) in [5, 5.41) is 5.41. The van der Waals surface area contributed by atoms with Crippen molar-refractivity contribution in [3.8, 4) is 5.69 Å². The van der Waals surface area contributed by atoms with Crippen LogP contribution in [0.15, 0.2) is 88.8 Å². The lowest BCUT2D eigenvalue weighted by Crippen LogP contribution is -2.19. The second kappa shape index (κ2) is 8.20. The summed E-state index contributed by atoms with van der Waals surface area (Å²) < 4.78 is 1.66. The van der Waals surface area contributed by atoms with E-state index in [9.17, 15) is 9.59 Å². The van der Waals surface area contributed by atoms with Crippen LogP contribution in [0.1, 0.15) is 0 Å². The standard InChI is InChI=1S/C22H18N4O2S/c23-19-13-20(27)25-22(26(19)18-8-2-1-3-9-18)29-14-21(28)24-17-11-10-15-6-4-5-7-16(15)12-17/h1-13H,14,23H2,(H,24,28). The number of nitrogens with zero attached hydrogens (tertiary/aromatic N) is 2. The van der Waals surface area contributed by atoms with Crippen LogP contribution in [0.3, 0.4) is 0 Å². The van der Waals surface area contributed by atoms with E-state index in [1.807, 2.05) is 72.8 Å². The molecule has 7 heteroatoms. The Morgan fingerprint density at radius 3 is 2.48 bits per heavy atom. The fraction of sp³-hybridized carbons (Fsp3) is 0.0455. The third-order valence-electron chi connectivity index (χ3n) is 4.31. The van der Waals surface area contributed by atoms with Gasteiger partial charge in [-0.05, 0) is 35.0 Å². The zero-order chi connectivity index (χ0) is 20.2. The number of amides is 1. The van der Waals surface area contributed by atoms with Gasteiger partial charge in [-0.2, -0.15) is 4.98 Å². The van der Waals surface area contributed by atoms with E-state index >= 15 is 0 Å². The minimum Gasteiger partial charge on any atom is -0.385 e. The lowest BCUT2D eigenvalue weighted by atomic mass is 10.1. The van der Waals surface area contributed by atoms with Crippen LogP contribution in [0.5, 0.6) is 0 Å². The third kappa shape index (κ3) is 4.30. The van der Waals surface area contributed by atoms with Gasteiger partial charge < -0.3 is 11.1 Å². The predicted octanol–water partition coefficient (Wildman–Crippen LogP) is 3.70. The van der Waals surface area contributed by atoms with Gasteiger partial charge in [0.25, 0.3) is 5.56 Å². The van der Waals surface area contributed by atoms with Gasteiger partial charge >= 0.3 is 0 Å². The van der Waals surface area contributed by atoms with E-state index in [4.69, 9.17) is 5.73 Å². The van der Waals surface area contributed by atoms with Crippen molar-refractivity contribution >= 4 is 39.9 Å². The molecule has 4 rings (SSSR count). The number of aromatic nitrogens is 2. The van der Waals surface area contributed by atoms with Crippen molar-refractivity contribution in [3.05, 3.63) is 89.2 Å². The summed E-state index contributed by atoms with van der Waals surface area (Å²) in [6, 6.07) is 24.3. The van der Waals surface area contributed by atoms with Gasteiger partial charge in [0, 0.05) is 17.4 Å². The van der Waals surface area contributed by atoms with Crippen molar-refractivity contribution in [3.63, 3.8) is 0 Å². The second-order valence-electron chi connectivity index (χ2n) is 6.37. The number of anilines is 2. The number of nitrogens with two attached hydrogens (primary N) is 1. The molecule has 0 atom stereocenters. The van der Waals surface area contributed by atoms with Crippen LogP contribution in [0.4, 0.5) is 11.5 Å². The summed E-state index contributed by atoms with van der Waals surface area (Å²) in [4.78, 5) is 28.3. The Labute approximate surface area is 171 Å². The lowest BCUT2D eigenvalue weighted by Gasteiger charge is -2.14. The maximum absolute atomic E-state index is 12.5. The lowest BCUT2D eigenvalue weighted by molar-refractivity contribution is -0.113. The van der Waals surface area contributed by atoms with Crippen molar-refractivity contribution in [2.75, 3.05) is 16.8 Å². The molecule has 0 aliphatic heterocycles. The van der Waals surface area contributed by atoms with Crippen molar-refractivity contribution in [1.29, 1.82) is 0 Å². The van der Waals surface area contributed by atoms with E-state index in [1.165, 1.54) is 6.07 Å². The van der Waals surface area contributed by atoms with Gasteiger partial charge in [-0.1, -0.05) is 60.3 Å². The highest BCUT2D eigenvalue weighted by Gasteiger charge is 2.12. The first-order valence-corrected chi connectivity index (χ1v) is 9.95. The Kier molecular flexibility index (Phi) is 5.31. The summed E-state index contributed by atoms with van der Waals surface area (Å²) in [6.45, 7) is 0. The van der Waals surface area contributed by atoms with Crippen molar-refractivity contribution in [2.24, 2.45) is 0 Å². The van der Waals surface area contributed by atoms with Crippen molar-refractivity contribution < 1.29 is 4.79 Å². The average Bonchev–Trinajstić information content (AvgIpc) is 2.72. The van der Waals surface area contributed by atoms with E-state index in [0.717, 1.165) is 33.9 Å². The minimum absolute atomic E-state index is 0.0928. The first-order valence-electron chi connectivity index (χ1n) is 8.96. The Balaban J connectivity index is 1.52. The molecule has 0 radical (unpaired) electrons. The first kappa shape index (κ1) is 18.8. The van der Waals surface area contributed by atoms with Gasteiger partial charge in [0.2, 0.25) is 5.91 Å². The van der Waals surface area contributed by atoms with Crippen LogP contribution in [-0.4, -0.2) is 21.2 Å². The molecular weight excluding hydrogens is 384 g/mol. The summed E-state index contributed by atoms with van der Waals surface area (Å²) >= 11 is 1.16. The summed E-state index contributed by atoms with van der Waals surface area (Å²) in [6.07, 6.45) is 0. The summed E-state index contributed by atoms with van der Waals surface area (Å²) in [5.41, 5.74) is 7.10. The molecule has 3 N–H and O–H groups in total. The molecule has 0 saturated heterocycles. The third-order valence-corrected chi connectivity index (χ3v) is 5.25. The number of hydrogen-bond donors (Lipinski definition) is 2. The highest BCUT2D eigenvalue weighted by molar-refractivity contribution is 7.99. The van der Waals surface area contributed by atoms with Gasteiger partial charge in [0.15, 0.2) is 5.16 Å². The Bertz CT molecular complexity index is 1240. The normalized spacial score (nSPS) is 10.8. The Morgan fingerprint density at radius 1 is 0.966 bits per heavy atom. The summed E-state index contributed by atoms with van der Waals surface area (Å²) in [5.74, 6) is 0.172. The van der Waals surface area contributed by atoms with Gasteiger partial charge in [0.05, 0.1) is 5.75 Å². The van der Waals surface area contributed by atoms with E-state index in [-0.39, 0.29) is 17.5 Å². The molecule has 0 bridgehead atoms. The van der Waals surface area contributed by atoms with Crippen LogP contribution in [0.2, 0.25) is 0 Å². The molecule has 0 saturated carbocycles. The van der Waals surface area contributed by atoms with Gasteiger partial charge in [-0.25, -0.2) is 0 Å². The number of carbonyl (C=O) groups excluding carboxylic acids is 1. The molecule has 0 aliphatic rings. The molecule has 1 amide bonds. The smallest absolute Gasteiger partial charge is 0.275 e. The van der Waals surface area contributed by atoms with E-state index in [2.05, 4.69) is 10.3 Å². The minimum atomic E-state index is -0.438. The highest BCUT2D eigenvalue weighted by atomic mass is 32.2. The second-order valence-corrected chi connectivity index (χ2v) is 7.31. The number of fused-ring (bicyclic) bond motifs is 1. The SMILES string of the molecule is Nc1cc(=O)nc(SCC(=O)Nc2ccc3ccccc3c2)n1-c1ccccc1. The fourth-order valence-electron chi connectivity index (χ4n) is 3.01. The first-order chi connectivity index (χ1) is 14.1. The zero-order valence-electron chi connectivity index (χ0n) is 15.4. The number of nitrogens with one attached hydrogen (secondary N) is 1. The number of hydrogen-bond acceptors (Lipinski definition) is 5. The molecule has 29 heavy (non-hydrogen) atoms. The average molecular weight is 402 g/mol. The summed E-state index contributed by atoms with van der Waals surface area (Å²) in [7, 11) is 0. The van der Waals surface area contributed by atoms with Gasteiger partial charge in [-0.15, -0.1) is 0 Å². The number of rotatable bonds is 5. The van der Waals surface area contributed by atoms with Crippen LogP contribution in [-0.2, 0) is 4.79 Å². The molecule has 1 aromatic heterocycles. The molecular formula is C22H18N4O2S. The van der Waals surface area contributed by atoms with Crippen LogP contribution in [0.25, 0.3) is 16.5 Å². The molecule has 4 aromatic rings. The number of carbonyl (C=O) groups is 1. The molecule has 0 spiro atoms. The quantitative estimate of drug-likeness (QED) is 0.392. The van der Waals surface area contributed by atoms with Gasteiger partial charge in [0.1, 0.15) is 5.82 Å². The molecule has 3 aromatic carbocycles. The van der Waals surface area contributed by atoms with Crippen molar-refractivity contribution in [2.45, 2.75) is 5.16 Å². The maximum atomic E-state index is 12.5. The van der Waals surface area contributed by atoms with E-state index < -0.39 is 5.56 Å². The van der Waals surface area contributed by atoms with Crippen LogP contribution >= 0.6 is 11.8 Å². The zero-order valence-corrected chi connectivity index (χ0v) is 16.2. The molecule has 0 fully saturated rings. The Hall–Kier alpha value is -3.58. The molecule has 6 nitrogen and oxygen atoms in total. The van der Waals surface area contributed by atoms with E-state index in [1.54, 1.807) is 4.57 Å². The number of nitrogen functional groups attached to an aromatic ring is 1. The monoisotopic (exact) mass is 402 g/mol. The molecule has 0 unspecified atom stereocenters. The Morgan fingerprint density at radius 2 is 1.69 bits per heavy atom. The molecule has 144 valence electrons. The number of para-hydroxylation sites is 1. The topological polar surface area (TPSA) is 90.0 Å². The number of benzene rings is 3. The highest BCUT2D eigenvalue weighted by Crippen LogP contribution is 2.23. The van der Waals surface area contributed by atoms with Gasteiger partial charge in [-0.3, -0.25) is 14.2 Å². The van der Waals surface area contributed by atoms with Crippen molar-refractivity contribution in [1.82, 2.24) is 9.55 Å². The van der Waals surface area contributed by atoms with Crippen LogP contribution < -0.4 is 16.6 Å². The van der Waals surface area contributed by atoms with Crippen LogP contribution in [0, 0.1) is 0 Å². The largest absolute Gasteiger partial charge is 0.385 e.